The Labute approximate surface area is 126 Å². The van der Waals surface area contributed by atoms with Gasteiger partial charge in [-0.15, -0.1) is 15.7 Å². The normalized spacial score (nSPS) is 16.2. The SMILES string of the molecule is CC(C)C[C@H](N)C(=O)N=S(N)(=O)c1cc(Cl)sc1Cl. The van der Waals surface area contributed by atoms with E-state index < -0.39 is 21.9 Å². The number of nitrogens with two attached hydrogens (primary N) is 2. The third kappa shape index (κ3) is 4.70. The highest BCUT2D eigenvalue weighted by Crippen LogP contribution is 2.34. The van der Waals surface area contributed by atoms with Crippen LogP contribution in [0.2, 0.25) is 8.67 Å². The highest BCUT2D eigenvalue weighted by atomic mass is 35.5. The second-order valence-electron chi connectivity index (χ2n) is 4.42. The maximum Gasteiger partial charge on any atom is 0.271 e. The topological polar surface area (TPSA) is 98.5 Å². The van der Waals surface area contributed by atoms with Crippen LogP contribution in [0.1, 0.15) is 20.3 Å². The Balaban J connectivity index is 3.06. The number of nitrogens with zero attached hydrogens (tertiary/aromatic N) is 1. The molecule has 0 aliphatic rings. The van der Waals surface area contributed by atoms with Crippen molar-refractivity contribution in [1.82, 2.24) is 0 Å². The van der Waals surface area contributed by atoms with E-state index in [4.69, 9.17) is 34.1 Å². The molecule has 19 heavy (non-hydrogen) atoms. The quantitative estimate of drug-likeness (QED) is 0.878. The summed E-state index contributed by atoms with van der Waals surface area (Å²) in [6, 6.07) is 0.527. The van der Waals surface area contributed by atoms with Crippen LogP contribution in [-0.4, -0.2) is 16.2 Å². The number of hydrogen-bond donors (Lipinski definition) is 2. The van der Waals surface area contributed by atoms with E-state index in [0.717, 1.165) is 11.3 Å². The van der Waals surface area contributed by atoms with Gasteiger partial charge in [0.15, 0.2) is 0 Å². The fraction of sp³-hybridized carbons (Fsp3) is 0.500. The summed E-state index contributed by atoms with van der Waals surface area (Å²) < 4.78 is 16.2. The number of amides is 1. The van der Waals surface area contributed by atoms with Crippen molar-refractivity contribution in [3.05, 3.63) is 14.7 Å². The molecule has 4 N–H and O–H groups in total. The Kier molecular flexibility index (Phi) is 5.78. The van der Waals surface area contributed by atoms with E-state index in [1.165, 1.54) is 6.07 Å². The second-order valence-corrected chi connectivity index (χ2v) is 8.47. The van der Waals surface area contributed by atoms with E-state index in [9.17, 15) is 9.00 Å². The van der Waals surface area contributed by atoms with Crippen molar-refractivity contribution in [2.75, 3.05) is 0 Å². The first kappa shape index (κ1) is 16.9. The standard InChI is InChI=1S/C10H15Cl2N3O2S2/c1-5(2)3-6(13)10(16)15-19(14,17)7-4-8(11)18-9(7)12/h4-6H,3,13H2,1-2H3,(H2,14,15,16,17)/t6-,19?/m0/s1. The summed E-state index contributed by atoms with van der Waals surface area (Å²) in [6.45, 7) is 3.84. The van der Waals surface area contributed by atoms with Gasteiger partial charge in [-0.05, 0) is 18.4 Å². The zero-order valence-corrected chi connectivity index (χ0v) is 13.6. The number of rotatable bonds is 4. The smallest absolute Gasteiger partial charge is 0.271 e. The van der Waals surface area contributed by atoms with Gasteiger partial charge in [-0.2, -0.15) is 0 Å². The molecule has 1 amide bonds. The van der Waals surface area contributed by atoms with Gasteiger partial charge in [-0.1, -0.05) is 37.0 Å². The Morgan fingerprint density at radius 3 is 2.53 bits per heavy atom. The zero-order chi connectivity index (χ0) is 14.8. The lowest BCUT2D eigenvalue weighted by molar-refractivity contribution is -0.119. The molecular formula is C10H15Cl2N3O2S2. The average molecular weight is 344 g/mol. The van der Waals surface area contributed by atoms with Gasteiger partial charge < -0.3 is 5.73 Å². The van der Waals surface area contributed by atoms with Gasteiger partial charge in [-0.3, -0.25) is 4.79 Å². The van der Waals surface area contributed by atoms with Crippen molar-refractivity contribution in [3.63, 3.8) is 0 Å². The van der Waals surface area contributed by atoms with Gasteiger partial charge in [-0.25, -0.2) is 9.35 Å². The van der Waals surface area contributed by atoms with Crippen LogP contribution in [-0.2, 0) is 14.7 Å². The highest BCUT2D eigenvalue weighted by Gasteiger charge is 2.20. The molecule has 1 aromatic rings. The van der Waals surface area contributed by atoms with E-state index in [1.54, 1.807) is 0 Å². The number of thiophene rings is 1. The number of halogens is 2. The molecule has 1 aromatic heterocycles. The third-order valence-corrected chi connectivity index (χ3v) is 5.34. The first-order valence-electron chi connectivity index (χ1n) is 5.42. The third-order valence-electron chi connectivity index (χ3n) is 2.21. The molecule has 108 valence electrons. The van der Waals surface area contributed by atoms with E-state index in [0.29, 0.717) is 10.8 Å². The minimum absolute atomic E-state index is 0.0641. The summed E-state index contributed by atoms with van der Waals surface area (Å²) in [5.74, 6) is -0.471. The highest BCUT2D eigenvalue weighted by molar-refractivity contribution is 7.92. The van der Waals surface area contributed by atoms with Gasteiger partial charge in [0, 0.05) is 0 Å². The predicted molar refractivity (Wildman–Crippen MR) is 79.8 cm³/mol. The van der Waals surface area contributed by atoms with Crippen molar-refractivity contribution >= 4 is 50.4 Å². The summed E-state index contributed by atoms with van der Waals surface area (Å²) >= 11 is 12.6. The van der Waals surface area contributed by atoms with Crippen molar-refractivity contribution in [1.29, 1.82) is 0 Å². The van der Waals surface area contributed by atoms with E-state index in [2.05, 4.69) is 4.36 Å². The minimum atomic E-state index is -3.41. The summed E-state index contributed by atoms with van der Waals surface area (Å²) in [5, 5.41) is 5.57. The van der Waals surface area contributed by atoms with Crippen LogP contribution in [0.4, 0.5) is 0 Å². The molecule has 2 atom stereocenters. The van der Waals surface area contributed by atoms with Crippen molar-refractivity contribution in [2.24, 2.45) is 21.2 Å². The molecule has 1 rings (SSSR count). The van der Waals surface area contributed by atoms with Crippen LogP contribution in [0.5, 0.6) is 0 Å². The number of carbonyl (C=O) groups excluding carboxylic acids is 1. The lowest BCUT2D eigenvalue weighted by Gasteiger charge is -2.10. The lowest BCUT2D eigenvalue weighted by Crippen LogP contribution is -2.32. The van der Waals surface area contributed by atoms with Crippen molar-refractivity contribution < 1.29 is 9.00 Å². The maximum atomic E-state index is 12.2. The van der Waals surface area contributed by atoms with Crippen molar-refractivity contribution in [3.8, 4) is 0 Å². The van der Waals surface area contributed by atoms with Gasteiger partial charge in [0.25, 0.3) is 5.91 Å². The Hall–Kier alpha value is -0.180. The molecule has 1 unspecified atom stereocenters. The number of hydrogen-bond acceptors (Lipinski definition) is 4. The zero-order valence-electron chi connectivity index (χ0n) is 10.4. The summed E-state index contributed by atoms with van der Waals surface area (Å²) in [6.07, 6.45) is 0.440. The van der Waals surface area contributed by atoms with E-state index >= 15 is 0 Å². The van der Waals surface area contributed by atoms with Gasteiger partial charge in [0.2, 0.25) is 0 Å². The molecule has 0 fully saturated rings. The second kappa shape index (κ2) is 6.51. The minimum Gasteiger partial charge on any atom is -0.320 e. The molecule has 0 radical (unpaired) electrons. The van der Waals surface area contributed by atoms with E-state index in [1.807, 2.05) is 13.8 Å². The van der Waals surface area contributed by atoms with Crippen LogP contribution >= 0.6 is 34.5 Å². The fourth-order valence-electron chi connectivity index (χ4n) is 1.38. The predicted octanol–water partition coefficient (Wildman–Crippen LogP) is 2.66. The molecule has 1 heterocycles. The fourth-order valence-corrected chi connectivity index (χ4v) is 4.63. The van der Waals surface area contributed by atoms with Crippen LogP contribution in [0.3, 0.4) is 0 Å². The first-order valence-corrected chi connectivity index (χ1v) is 8.57. The number of carbonyl (C=O) groups is 1. The Morgan fingerprint density at radius 1 is 1.53 bits per heavy atom. The monoisotopic (exact) mass is 343 g/mol. The molecule has 9 heteroatoms. The molecule has 0 saturated carbocycles. The van der Waals surface area contributed by atoms with Gasteiger partial charge in [0.1, 0.15) is 14.3 Å². The molecule has 0 bridgehead atoms. The van der Waals surface area contributed by atoms with Crippen molar-refractivity contribution in [2.45, 2.75) is 31.2 Å². The largest absolute Gasteiger partial charge is 0.320 e. The Bertz CT molecular complexity index is 592. The average Bonchev–Trinajstić information content (AvgIpc) is 2.56. The van der Waals surface area contributed by atoms with Crippen LogP contribution < -0.4 is 10.9 Å². The molecule has 0 aliphatic heterocycles. The van der Waals surface area contributed by atoms with Crippen LogP contribution in [0.15, 0.2) is 15.3 Å². The van der Waals surface area contributed by atoms with Crippen LogP contribution in [0.25, 0.3) is 0 Å². The Morgan fingerprint density at radius 2 is 2.11 bits per heavy atom. The lowest BCUT2D eigenvalue weighted by atomic mass is 10.0. The molecule has 0 aromatic carbocycles. The molecule has 0 aliphatic carbocycles. The molecule has 5 nitrogen and oxygen atoms in total. The molecule has 0 saturated heterocycles. The summed E-state index contributed by atoms with van der Waals surface area (Å²) in [7, 11) is -3.41. The van der Waals surface area contributed by atoms with E-state index in [-0.39, 0.29) is 15.1 Å². The summed E-state index contributed by atoms with van der Waals surface area (Å²) in [5.41, 5.74) is 5.67. The van der Waals surface area contributed by atoms with Gasteiger partial charge in [0.05, 0.1) is 15.3 Å². The van der Waals surface area contributed by atoms with Crippen LogP contribution in [0, 0.1) is 5.92 Å². The maximum absolute atomic E-state index is 12.2. The first-order chi connectivity index (χ1) is 8.63. The molecule has 0 spiro atoms. The molecular weight excluding hydrogens is 329 g/mol. The summed E-state index contributed by atoms with van der Waals surface area (Å²) in [4.78, 5) is 11.8. The van der Waals surface area contributed by atoms with Gasteiger partial charge >= 0.3 is 0 Å².